The molecular weight excluding hydrogens is 359 g/mol. The van der Waals surface area contributed by atoms with E-state index in [1.165, 1.54) is 25.7 Å². The van der Waals surface area contributed by atoms with Crippen LogP contribution in [0.15, 0.2) is 0 Å². The number of hydrogen-bond donors (Lipinski definition) is 0. The largest absolute Gasteiger partial charge is 3.00 e. The van der Waals surface area contributed by atoms with Gasteiger partial charge in [0, 0.05) is 0 Å². The van der Waals surface area contributed by atoms with Crippen LogP contribution in [0.3, 0.4) is 0 Å². The van der Waals surface area contributed by atoms with Gasteiger partial charge in [0.2, 0.25) is 0 Å². The third kappa shape index (κ3) is 108. The van der Waals surface area contributed by atoms with Crippen molar-refractivity contribution in [3.63, 3.8) is 0 Å². The molecule has 0 atom stereocenters. The Hall–Kier alpha value is 1.46. The van der Waals surface area contributed by atoms with E-state index in [2.05, 4.69) is 27.7 Å². The van der Waals surface area contributed by atoms with Crippen LogP contribution in [0.2, 0.25) is 0 Å². The van der Waals surface area contributed by atoms with Crippen LogP contribution in [0.25, 0.3) is 0 Å². The van der Waals surface area contributed by atoms with Gasteiger partial charge >= 0.3 is 40.8 Å². The SMILES string of the molecule is O=P([O-])([O-])[O-].[CH2-]CCCC.[CH2-]CCCC.[Nd+3]. The standard InChI is InChI=1S/2C5H11.Nd.H3O4P/c2*1-3-5-4-2;;1-5(2,3)4/h2*1,3-5H2,2H3;;(H3,1,2,3,4)/q2*-1;+3;/p-3. The van der Waals surface area contributed by atoms with Crippen LogP contribution in [0.4, 0.5) is 0 Å². The van der Waals surface area contributed by atoms with Crippen molar-refractivity contribution in [2.45, 2.75) is 52.4 Å². The van der Waals surface area contributed by atoms with E-state index in [1.54, 1.807) is 0 Å². The Bertz CT molecular complexity index is 121. The van der Waals surface area contributed by atoms with Crippen LogP contribution in [-0.4, -0.2) is 0 Å². The predicted octanol–water partition coefficient (Wildman–Crippen LogP) is 1.20. The molecule has 0 N–H and O–H groups in total. The van der Waals surface area contributed by atoms with E-state index in [9.17, 15) is 0 Å². The van der Waals surface area contributed by atoms with E-state index in [4.69, 9.17) is 19.2 Å². The first-order chi connectivity index (χ1) is 6.83. The summed E-state index contributed by atoms with van der Waals surface area (Å²) in [5, 5.41) is 0. The second kappa shape index (κ2) is 21.7. The summed E-state index contributed by atoms with van der Waals surface area (Å²) >= 11 is 0. The second-order valence-corrected chi connectivity index (χ2v) is 3.76. The third-order valence-corrected chi connectivity index (χ3v) is 1.21. The van der Waals surface area contributed by atoms with Gasteiger partial charge in [-0.2, -0.15) is 20.7 Å². The van der Waals surface area contributed by atoms with Gasteiger partial charge in [-0.05, 0) is 0 Å². The fourth-order valence-corrected chi connectivity index (χ4v) is 0.500. The molecule has 0 amide bonds. The van der Waals surface area contributed by atoms with Crippen LogP contribution in [0.1, 0.15) is 52.4 Å². The Morgan fingerprint density at radius 1 is 0.938 bits per heavy atom. The van der Waals surface area contributed by atoms with E-state index in [1.807, 2.05) is 0 Å². The third-order valence-electron chi connectivity index (χ3n) is 1.21. The molecule has 0 aliphatic carbocycles. The van der Waals surface area contributed by atoms with Crippen LogP contribution in [0, 0.1) is 54.7 Å². The summed E-state index contributed by atoms with van der Waals surface area (Å²) in [4.78, 5) is 25.6. The Morgan fingerprint density at radius 3 is 1.12 bits per heavy atom. The van der Waals surface area contributed by atoms with Gasteiger partial charge in [-0.3, -0.25) is 0 Å². The van der Waals surface area contributed by atoms with Gasteiger partial charge in [0.15, 0.2) is 0 Å². The van der Waals surface area contributed by atoms with Gasteiger partial charge in [0.25, 0.3) is 0 Å². The van der Waals surface area contributed by atoms with Crippen molar-refractivity contribution in [3.8, 4) is 0 Å². The predicted molar refractivity (Wildman–Crippen MR) is 57.4 cm³/mol. The van der Waals surface area contributed by atoms with Crippen LogP contribution in [-0.2, 0) is 4.57 Å². The maximum absolute atomic E-state index is 8.55. The zero-order chi connectivity index (χ0) is 12.7. The van der Waals surface area contributed by atoms with E-state index in [0.29, 0.717) is 0 Å². The van der Waals surface area contributed by atoms with E-state index in [0.717, 1.165) is 12.8 Å². The molecule has 0 aromatic rings. The minimum absolute atomic E-state index is 0. The molecule has 6 heteroatoms. The summed E-state index contributed by atoms with van der Waals surface area (Å²) in [5.74, 6) is 0. The van der Waals surface area contributed by atoms with Crippen molar-refractivity contribution in [2.75, 3.05) is 0 Å². The molecule has 0 aliphatic rings. The molecular formula is C10H22NdO4P-2. The number of hydrogen-bond acceptors (Lipinski definition) is 4. The zero-order valence-electron chi connectivity index (χ0n) is 10.2. The first-order valence-corrected chi connectivity index (χ1v) is 6.61. The second-order valence-electron chi connectivity index (χ2n) is 2.86. The van der Waals surface area contributed by atoms with Gasteiger partial charge in [-0.1, -0.05) is 39.5 Å². The Kier molecular flexibility index (Phi) is 35.4. The Morgan fingerprint density at radius 2 is 1.12 bits per heavy atom. The van der Waals surface area contributed by atoms with Crippen molar-refractivity contribution in [1.29, 1.82) is 0 Å². The molecule has 0 heterocycles. The maximum atomic E-state index is 8.55. The molecule has 0 fully saturated rings. The quantitative estimate of drug-likeness (QED) is 0.541. The molecule has 0 rings (SSSR count). The van der Waals surface area contributed by atoms with Crippen molar-refractivity contribution in [1.82, 2.24) is 0 Å². The van der Waals surface area contributed by atoms with Crippen molar-refractivity contribution in [2.24, 2.45) is 0 Å². The van der Waals surface area contributed by atoms with Gasteiger partial charge < -0.3 is 33.1 Å². The summed E-state index contributed by atoms with van der Waals surface area (Å²) in [5.41, 5.74) is 0. The summed E-state index contributed by atoms with van der Waals surface area (Å²) in [6.45, 7) is 11.7. The molecule has 16 heavy (non-hydrogen) atoms. The number of phosphoric acid groups is 1. The molecule has 0 spiro atoms. The number of unbranched alkanes of at least 4 members (excludes halogenated alkanes) is 4. The average molecular weight is 381 g/mol. The van der Waals surface area contributed by atoms with Gasteiger partial charge in [0.05, 0.1) is 0 Å². The first kappa shape index (κ1) is 26.1. The Balaban J connectivity index is -0.0000000655. The van der Waals surface area contributed by atoms with Crippen molar-refractivity contribution < 1.29 is 60.1 Å². The molecule has 0 saturated heterocycles. The van der Waals surface area contributed by atoms with Gasteiger partial charge in [-0.15, -0.1) is 0 Å². The van der Waals surface area contributed by atoms with Gasteiger partial charge in [-0.25, -0.2) is 0 Å². The molecule has 4 nitrogen and oxygen atoms in total. The summed E-state index contributed by atoms with van der Waals surface area (Å²) < 4.78 is 8.55. The van der Waals surface area contributed by atoms with Crippen LogP contribution < -0.4 is 14.7 Å². The van der Waals surface area contributed by atoms with Gasteiger partial charge in [0.1, 0.15) is 0 Å². The molecule has 0 aliphatic heterocycles. The monoisotopic (exact) mass is 379 g/mol. The van der Waals surface area contributed by atoms with E-state index >= 15 is 0 Å². The van der Waals surface area contributed by atoms with E-state index < -0.39 is 7.82 Å². The molecule has 0 aromatic heterocycles. The normalized spacial score (nSPS) is 8.94. The molecule has 0 aromatic carbocycles. The maximum Gasteiger partial charge on any atom is 3.00 e. The molecule has 97 valence electrons. The molecule has 1 radical (unpaired) electrons. The van der Waals surface area contributed by atoms with Crippen LogP contribution >= 0.6 is 7.82 Å². The number of rotatable bonds is 4. The summed E-state index contributed by atoms with van der Waals surface area (Å²) in [6.07, 6.45) is 7.31. The molecule has 0 bridgehead atoms. The topological polar surface area (TPSA) is 86.2 Å². The molecule has 0 unspecified atom stereocenters. The molecule has 0 saturated carbocycles. The van der Waals surface area contributed by atoms with Crippen molar-refractivity contribution >= 4 is 7.82 Å². The van der Waals surface area contributed by atoms with Crippen LogP contribution in [0.5, 0.6) is 0 Å². The Labute approximate surface area is 133 Å². The fourth-order valence-electron chi connectivity index (χ4n) is 0.500. The van der Waals surface area contributed by atoms with E-state index in [-0.39, 0.29) is 40.8 Å². The summed E-state index contributed by atoms with van der Waals surface area (Å²) in [6, 6.07) is 0. The van der Waals surface area contributed by atoms with Crippen molar-refractivity contribution in [3.05, 3.63) is 13.8 Å². The smallest absolute Gasteiger partial charge is 0.822 e. The first-order valence-electron chi connectivity index (χ1n) is 5.14. The average Bonchev–Trinajstić information content (AvgIpc) is 2.05. The zero-order valence-corrected chi connectivity index (χ0v) is 14.3. The fraction of sp³-hybridized carbons (Fsp3) is 0.800. The minimum atomic E-state index is -5.39. The minimum Gasteiger partial charge on any atom is -0.822 e. The summed E-state index contributed by atoms with van der Waals surface area (Å²) in [7, 11) is -5.39.